The summed E-state index contributed by atoms with van der Waals surface area (Å²) in [5.41, 5.74) is 3.28. The van der Waals surface area contributed by atoms with Gasteiger partial charge in [-0.3, -0.25) is 4.79 Å². The molecule has 0 spiro atoms. The number of aromatic nitrogens is 2. The maximum absolute atomic E-state index is 13.2. The lowest BCUT2D eigenvalue weighted by molar-refractivity contribution is 0.0722. The first-order valence-electron chi connectivity index (χ1n) is 9.21. The highest BCUT2D eigenvalue weighted by Crippen LogP contribution is 2.28. The average Bonchev–Trinajstić information content (AvgIpc) is 2.93. The number of hydrogen-bond acceptors (Lipinski definition) is 2. The summed E-state index contributed by atoms with van der Waals surface area (Å²) in [6, 6.07) is 5.43. The minimum atomic E-state index is 0.101. The van der Waals surface area contributed by atoms with Gasteiger partial charge < -0.3 is 4.90 Å². The van der Waals surface area contributed by atoms with Gasteiger partial charge in [-0.15, -0.1) is 0 Å². The molecule has 1 aromatic heterocycles. The third-order valence-corrected chi connectivity index (χ3v) is 5.53. The van der Waals surface area contributed by atoms with E-state index < -0.39 is 0 Å². The molecule has 0 N–H and O–H groups in total. The van der Waals surface area contributed by atoms with Gasteiger partial charge in [-0.2, -0.15) is 5.10 Å². The Hall–Kier alpha value is -1.52. The molecule has 6 heteroatoms. The Bertz CT molecular complexity index is 808. The van der Waals surface area contributed by atoms with Gasteiger partial charge in [0.15, 0.2) is 0 Å². The summed E-state index contributed by atoms with van der Waals surface area (Å²) in [7, 11) is 0. The topological polar surface area (TPSA) is 38.1 Å². The van der Waals surface area contributed by atoms with Gasteiger partial charge in [0.2, 0.25) is 0 Å². The Morgan fingerprint density at radius 2 is 1.85 bits per heavy atom. The van der Waals surface area contributed by atoms with Crippen molar-refractivity contribution in [3.05, 3.63) is 45.2 Å². The van der Waals surface area contributed by atoms with Crippen LogP contribution >= 0.6 is 23.2 Å². The van der Waals surface area contributed by atoms with Crippen molar-refractivity contribution in [3.63, 3.8) is 0 Å². The first kappa shape index (κ1) is 19.2. The summed E-state index contributed by atoms with van der Waals surface area (Å²) < 4.78 is 1.82. The van der Waals surface area contributed by atoms with E-state index >= 15 is 0 Å². The summed E-state index contributed by atoms with van der Waals surface area (Å²) in [6.07, 6.45) is 4.12. The van der Waals surface area contributed by atoms with Crippen LogP contribution in [0.15, 0.2) is 18.2 Å². The van der Waals surface area contributed by atoms with E-state index in [4.69, 9.17) is 28.3 Å². The molecule has 26 heavy (non-hydrogen) atoms. The van der Waals surface area contributed by atoms with Crippen LogP contribution < -0.4 is 0 Å². The van der Waals surface area contributed by atoms with E-state index in [2.05, 4.69) is 13.8 Å². The van der Waals surface area contributed by atoms with E-state index in [-0.39, 0.29) is 5.91 Å². The second kappa shape index (κ2) is 8.01. The van der Waals surface area contributed by atoms with Crippen LogP contribution in [0.25, 0.3) is 5.69 Å². The van der Waals surface area contributed by atoms with Crippen LogP contribution in [0.1, 0.15) is 54.9 Å². The molecule has 0 aliphatic carbocycles. The minimum Gasteiger partial charge on any atom is -0.339 e. The molecule has 1 saturated heterocycles. The summed E-state index contributed by atoms with van der Waals surface area (Å²) in [5, 5.41) is 5.76. The fraction of sp³-hybridized carbons (Fsp3) is 0.500. The number of likely N-dealkylation sites (tertiary alicyclic amines) is 1. The molecule has 1 fully saturated rings. The lowest BCUT2D eigenvalue weighted by Crippen LogP contribution is -2.36. The van der Waals surface area contributed by atoms with Gasteiger partial charge in [-0.25, -0.2) is 4.68 Å². The molecule has 3 rings (SSSR count). The van der Waals surface area contributed by atoms with Crippen molar-refractivity contribution in [1.29, 1.82) is 0 Å². The van der Waals surface area contributed by atoms with Gasteiger partial charge in [0, 0.05) is 13.1 Å². The molecule has 2 aromatic rings. The first-order valence-corrected chi connectivity index (χ1v) is 9.97. The SMILES string of the molecule is Cc1c(C(=O)N2CCCCC2)c(CC(C)C)nn1-c1ccc(Cl)c(Cl)c1. The molecular weight excluding hydrogens is 369 g/mol. The van der Waals surface area contributed by atoms with Crippen molar-refractivity contribution in [2.75, 3.05) is 13.1 Å². The number of benzene rings is 1. The number of carbonyl (C=O) groups is 1. The molecule has 1 aliphatic rings. The molecule has 0 atom stereocenters. The molecule has 1 aliphatic heterocycles. The monoisotopic (exact) mass is 393 g/mol. The van der Waals surface area contributed by atoms with Crippen molar-refractivity contribution in [1.82, 2.24) is 14.7 Å². The lowest BCUT2D eigenvalue weighted by Gasteiger charge is -2.27. The molecule has 4 nitrogen and oxygen atoms in total. The van der Waals surface area contributed by atoms with Gasteiger partial charge in [-0.1, -0.05) is 37.0 Å². The summed E-state index contributed by atoms with van der Waals surface area (Å²) in [6.45, 7) is 7.90. The summed E-state index contributed by atoms with van der Waals surface area (Å²) in [5.74, 6) is 0.517. The smallest absolute Gasteiger partial charge is 0.257 e. The van der Waals surface area contributed by atoms with Crippen LogP contribution in [-0.2, 0) is 6.42 Å². The normalized spacial score (nSPS) is 14.9. The predicted octanol–water partition coefficient (Wildman–Crippen LogP) is 5.31. The fourth-order valence-corrected chi connectivity index (χ4v) is 3.78. The Morgan fingerprint density at radius 3 is 2.46 bits per heavy atom. The maximum atomic E-state index is 13.2. The number of rotatable bonds is 4. The summed E-state index contributed by atoms with van der Waals surface area (Å²) in [4.78, 5) is 15.2. The van der Waals surface area contributed by atoms with Gasteiger partial charge in [-0.05, 0) is 56.7 Å². The maximum Gasteiger partial charge on any atom is 0.257 e. The van der Waals surface area contributed by atoms with E-state index in [0.29, 0.717) is 16.0 Å². The quantitative estimate of drug-likeness (QED) is 0.705. The first-order chi connectivity index (χ1) is 12.4. The van der Waals surface area contributed by atoms with Crippen molar-refractivity contribution < 1.29 is 4.79 Å². The zero-order valence-electron chi connectivity index (χ0n) is 15.6. The van der Waals surface area contributed by atoms with E-state index in [1.165, 1.54) is 6.42 Å². The molecule has 0 bridgehead atoms. The number of carbonyl (C=O) groups excluding carboxylic acids is 1. The van der Waals surface area contributed by atoms with E-state index in [1.54, 1.807) is 12.1 Å². The molecule has 0 saturated carbocycles. The summed E-state index contributed by atoms with van der Waals surface area (Å²) >= 11 is 12.2. The van der Waals surface area contributed by atoms with Crippen LogP contribution in [-0.4, -0.2) is 33.7 Å². The third-order valence-electron chi connectivity index (χ3n) is 4.80. The zero-order chi connectivity index (χ0) is 18.8. The Morgan fingerprint density at radius 1 is 1.15 bits per heavy atom. The van der Waals surface area contributed by atoms with Crippen molar-refractivity contribution in [2.45, 2.75) is 46.5 Å². The standard InChI is InChI=1S/C20H25Cl2N3O/c1-13(2)11-18-19(20(26)24-9-5-4-6-10-24)14(3)25(23-18)15-7-8-16(21)17(22)12-15/h7-8,12-13H,4-6,9-11H2,1-3H3. The van der Waals surface area contributed by atoms with Gasteiger partial charge in [0.25, 0.3) is 5.91 Å². The van der Waals surface area contributed by atoms with Crippen molar-refractivity contribution in [3.8, 4) is 5.69 Å². The molecule has 2 heterocycles. The molecule has 1 aromatic carbocycles. The minimum absolute atomic E-state index is 0.101. The van der Waals surface area contributed by atoms with Crippen LogP contribution in [0.3, 0.4) is 0 Å². The molecule has 140 valence electrons. The van der Waals surface area contributed by atoms with E-state index in [9.17, 15) is 4.79 Å². The number of piperidine rings is 1. The molecule has 0 unspecified atom stereocenters. The zero-order valence-corrected chi connectivity index (χ0v) is 17.1. The Balaban J connectivity index is 2.05. The van der Waals surface area contributed by atoms with Gasteiger partial charge in [0.1, 0.15) is 0 Å². The highest BCUT2D eigenvalue weighted by molar-refractivity contribution is 6.42. The van der Waals surface area contributed by atoms with Gasteiger partial charge >= 0.3 is 0 Å². The highest BCUT2D eigenvalue weighted by Gasteiger charge is 2.27. The van der Waals surface area contributed by atoms with Gasteiger partial charge in [0.05, 0.1) is 32.7 Å². The van der Waals surface area contributed by atoms with E-state index in [0.717, 1.165) is 55.0 Å². The largest absolute Gasteiger partial charge is 0.339 e. The van der Waals surface area contributed by atoms with Crippen molar-refractivity contribution >= 4 is 29.1 Å². The molecule has 1 amide bonds. The number of halogens is 2. The molecule has 0 radical (unpaired) electrons. The van der Waals surface area contributed by atoms with Crippen molar-refractivity contribution in [2.24, 2.45) is 5.92 Å². The average molecular weight is 394 g/mol. The molecular formula is C20H25Cl2N3O. The van der Waals surface area contributed by atoms with Crippen LogP contribution in [0.2, 0.25) is 10.0 Å². The Kier molecular flexibility index (Phi) is 5.93. The number of hydrogen-bond donors (Lipinski definition) is 0. The number of nitrogens with zero attached hydrogens (tertiary/aromatic N) is 3. The van der Waals surface area contributed by atoms with Crippen LogP contribution in [0.4, 0.5) is 0 Å². The predicted molar refractivity (Wildman–Crippen MR) is 107 cm³/mol. The number of amides is 1. The van der Waals surface area contributed by atoms with E-state index in [1.807, 2.05) is 22.6 Å². The Labute approximate surface area is 165 Å². The van der Waals surface area contributed by atoms with Crippen LogP contribution in [0, 0.1) is 12.8 Å². The lowest BCUT2D eigenvalue weighted by atomic mass is 10.0. The van der Waals surface area contributed by atoms with Crippen LogP contribution in [0.5, 0.6) is 0 Å². The fourth-order valence-electron chi connectivity index (χ4n) is 3.49. The highest BCUT2D eigenvalue weighted by atomic mass is 35.5. The second-order valence-electron chi connectivity index (χ2n) is 7.37. The second-order valence-corrected chi connectivity index (χ2v) is 8.18. The third kappa shape index (κ3) is 3.91.